The van der Waals surface area contributed by atoms with Gasteiger partial charge in [-0.3, -0.25) is 10.1 Å². The molecule has 1 amide bonds. The number of aromatic nitrogens is 2. The van der Waals surface area contributed by atoms with Gasteiger partial charge in [0, 0.05) is 6.04 Å². The summed E-state index contributed by atoms with van der Waals surface area (Å²) in [6.45, 7) is 6.72. The Kier molecular flexibility index (Phi) is 4.37. The molecule has 25 heavy (non-hydrogen) atoms. The number of carbonyl (C=O) groups is 1. The van der Waals surface area contributed by atoms with Gasteiger partial charge in [0.25, 0.3) is 0 Å². The molecule has 136 valence electrons. The second kappa shape index (κ2) is 6.11. The van der Waals surface area contributed by atoms with Gasteiger partial charge in [0.05, 0.1) is 28.7 Å². The Morgan fingerprint density at radius 3 is 2.48 bits per heavy atom. The molecule has 1 aliphatic carbocycles. The zero-order valence-corrected chi connectivity index (χ0v) is 15.3. The Balaban J connectivity index is 2.01. The van der Waals surface area contributed by atoms with Crippen LogP contribution in [0.1, 0.15) is 65.0 Å². The van der Waals surface area contributed by atoms with Gasteiger partial charge in [0.15, 0.2) is 0 Å². The molecule has 1 aromatic carbocycles. The van der Waals surface area contributed by atoms with Gasteiger partial charge in [0.2, 0.25) is 11.9 Å². The van der Waals surface area contributed by atoms with Crippen molar-refractivity contribution < 1.29 is 15.0 Å². The lowest BCUT2D eigenvalue weighted by molar-refractivity contribution is -0.119. The van der Waals surface area contributed by atoms with Gasteiger partial charge in [0.1, 0.15) is 0 Å². The van der Waals surface area contributed by atoms with E-state index >= 15 is 0 Å². The molecule has 1 aromatic heterocycles. The highest BCUT2D eigenvalue weighted by atomic mass is 16.3. The third kappa shape index (κ3) is 3.85. The van der Waals surface area contributed by atoms with Crippen LogP contribution < -0.4 is 5.32 Å². The van der Waals surface area contributed by atoms with Gasteiger partial charge in [-0.2, -0.15) is 0 Å². The predicted octanol–water partition coefficient (Wildman–Crippen LogP) is 3.09. The highest BCUT2D eigenvalue weighted by molar-refractivity contribution is 5.92. The number of aliphatic hydroxyl groups is 2. The fourth-order valence-corrected chi connectivity index (χ4v) is 3.14. The van der Waals surface area contributed by atoms with Crippen molar-refractivity contribution in [3.63, 3.8) is 0 Å². The molecule has 0 bridgehead atoms. The number of fused-ring (bicyclic) bond motifs is 1. The molecule has 0 aliphatic heterocycles. The van der Waals surface area contributed by atoms with E-state index < -0.39 is 11.2 Å². The molecule has 0 spiro atoms. The van der Waals surface area contributed by atoms with E-state index in [2.05, 4.69) is 14.9 Å². The van der Waals surface area contributed by atoms with Gasteiger partial charge >= 0.3 is 0 Å². The maximum Gasteiger partial charge on any atom is 0.229 e. The highest BCUT2D eigenvalue weighted by Gasteiger charge is 2.27. The number of carbonyl (C=O) groups excluding carboxylic acids is 1. The van der Waals surface area contributed by atoms with E-state index in [0.29, 0.717) is 12.0 Å². The van der Waals surface area contributed by atoms with Crippen LogP contribution in [0.3, 0.4) is 0 Å². The lowest BCUT2D eigenvalue weighted by atomic mass is 9.92. The Morgan fingerprint density at radius 2 is 1.96 bits per heavy atom. The number of benzene rings is 1. The summed E-state index contributed by atoms with van der Waals surface area (Å²) in [5.41, 5.74) is 0.523. The summed E-state index contributed by atoms with van der Waals surface area (Å²) in [7, 11) is 0. The monoisotopic (exact) mass is 345 g/mol. The van der Waals surface area contributed by atoms with Crippen LogP contribution >= 0.6 is 0 Å². The lowest BCUT2D eigenvalue weighted by Crippen LogP contribution is -2.29. The van der Waals surface area contributed by atoms with E-state index in [9.17, 15) is 15.0 Å². The molecule has 0 radical (unpaired) electrons. The van der Waals surface area contributed by atoms with Crippen molar-refractivity contribution in [2.45, 2.75) is 70.6 Å². The van der Waals surface area contributed by atoms with Crippen LogP contribution in [0.2, 0.25) is 0 Å². The third-order valence-corrected chi connectivity index (χ3v) is 4.68. The fourth-order valence-electron chi connectivity index (χ4n) is 3.14. The van der Waals surface area contributed by atoms with Crippen molar-refractivity contribution in [1.82, 2.24) is 9.55 Å². The average Bonchev–Trinajstić information content (AvgIpc) is 2.71. The van der Waals surface area contributed by atoms with E-state index in [1.54, 1.807) is 27.7 Å². The molecule has 3 N–H and O–H groups in total. The number of imidazole rings is 1. The van der Waals surface area contributed by atoms with Gasteiger partial charge in [-0.25, -0.2) is 4.98 Å². The molecule has 0 saturated heterocycles. The SMILES string of the molecule is CC(C)(O)CC(=O)Nc1nc2ccc(C(C)(C)O)cc2n1C1CCC1. The second-order valence-corrected chi connectivity index (χ2v) is 8.19. The van der Waals surface area contributed by atoms with Crippen LogP contribution in [0.5, 0.6) is 0 Å². The first-order valence-electron chi connectivity index (χ1n) is 8.82. The Labute approximate surface area is 147 Å². The minimum atomic E-state index is -1.06. The minimum Gasteiger partial charge on any atom is -0.390 e. The summed E-state index contributed by atoms with van der Waals surface area (Å²) < 4.78 is 2.07. The highest BCUT2D eigenvalue weighted by Crippen LogP contribution is 2.38. The smallest absolute Gasteiger partial charge is 0.229 e. The van der Waals surface area contributed by atoms with E-state index in [1.807, 2.05) is 18.2 Å². The molecule has 1 heterocycles. The quantitative estimate of drug-likeness (QED) is 0.777. The molecule has 0 atom stereocenters. The first kappa shape index (κ1) is 17.9. The van der Waals surface area contributed by atoms with E-state index in [0.717, 1.165) is 35.9 Å². The number of rotatable bonds is 5. The van der Waals surface area contributed by atoms with Crippen molar-refractivity contribution >= 4 is 22.9 Å². The standard InChI is InChI=1S/C19H27N3O3/c1-18(2,24)11-16(23)21-17-20-14-9-8-12(19(3,4)25)10-15(14)22(17)13-6-5-7-13/h8-10,13,24-25H,5-7,11H2,1-4H3,(H,20,21,23). The lowest BCUT2D eigenvalue weighted by Gasteiger charge is -2.29. The summed E-state index contributed by atoms with van der Waals surface area (Å²) in [6, 6.07) is 6.00. The largest absolute Gasteiger partial charge is 0.390 e. The fraction of sp³-hybridized carbons (Fsp3) is 0.579. The number of amides is 1. The minimum absolute atomic E-state index is 0.00972. The van der Waals surface area contributed by atoms with Gasteiger partial charge in [-0.05, 0) is 64.7 Å². The normalized spacial score (nSPS) is 16.1. The summed E-state index contributed by atoms with van der Waals surface area (Å²) in [5, 5.41) is 23.0. The van der Waals surface area contributed by atoms with Crippen molar-refractivity contribution in [3.05, 3.63) is 23.8 Å². The number of anilines is 1. The first-order valence-corrected chi connectivity index (χ1v) is 8.82. The number of hydrogen-bond donors (Lipinski definition) is 3. The average molecular weight is 345 g/mol. The maximum absolute atomic E-state index is 12.2. The predicted molar refractivity (Wildman–Crippen MR) is 97.4 cm³/mol. The van der Waals surface area contributed by atoms with Crippen LogP contribution in [0.25, 0.3) is 11.0 Å². The second-order valence-electron chi connectivity index (χ2n) is 8.19. The Morgan fingerprint density at radius 1 is 1.28 bits per heavy atom. The molecule has 1 saturated carbocycles. The molecule has 6 nitrogen and oxygen atoms in total. The van der Waals surface area contributed by atoms with Crippen LogP contribution in [0.4, 0.5) is 5.95 Å². The Bertz CT molecular complexity index is 793. The van der Waals surface area contributed by atoms with Crippen LogP contribution in [0, 0.1) is 0 Å². The van der Waals surface area contributed by atoms with Gasteiger partial charge < -0.3 is 14.8 Å². The number of nitrogens with zero attached hydrogens (tertiary/aromatic N) is 2. The summed E-state index contributed by atoms with van der Waals surface area (Å²) in [5.74, 6) is 0.257. The number of hydrogen-bond acceptors (Lipinski definition) is 4. The topological polar surface area (TPSA) is 87.4 Å². The molecule has 0 unspecified atom stereocenters. The summed E-state index contributed by atoms with van der Waals surface area (Å²) in [6.07, 6.45) is 3.27. The molecule has 1 fully saturated rings. The number of nitrogens with one attached hydrogen (secondary N) is 1. The molecule has 2 aromatic rings. The molecule has 3 rings (SSSR count). The van der Waals surface area contributed by atoms with Crippen molar-refractivity contribution in [1.29, 1.82) is 0 Å². The molecular weight excluding hydrogens is 318 g/mol. The van der Waals surface area contributed by atoms with E-state index in [-0.39, 0.29) is 12.3 Å². The van der Waals surface area contributed by atoms with Crippen LogP contribution in [-0.2, 0) is 10.4 Å². The van der Waals surface area contributed by atoms with Crippen LogP contribution in [-0.4, -0.2) is 31.3 Å². The molecule has 6 heteroatoms. The van der Waals surface area contributed by atoms with Crippen molar-refractivity contribution in [2.75, 3.05) is 5.32 Å². The molecule has 1 aliphatic rings. The summed E-state index contributed by atoms with van der Waals surface area (Å²) >= 11 is 0. The first-order chi connectivity index (χ1) is 11.5. The van der Waals surface area contributed by atoms with Crippen LogP contribution in [0.15, 0.2) is 18.2 Å². The zero-order valence-electron chi connectivity index (χ0n) is 15.3. The molecular formula is C19H27N3O3. The van der Waals surface area contributed by atoms with E-state index in [4.69, 9.17) is 0 Å². The van der Waals surface area contributed by atoms with E-state index in [1.165, 1.54) is 0 Å². The van der Waals surface area contributed by atoms with Gasteiger partial charge in [-0.15, -0.1) is 0 Å². The summed E-state index contributed by atoms with van der Waals surface area (Å²) in [4.78, 5) is 16.8. The zero-order chi connectivity index (χ0) is 18.4. The maximum atomic E-state index is 12.2. The Hall–Kier alpha value is -1.92. The third-order valence-electron chi connectivity index (χ3n) is 4.68. The van der Waals surface area contributed by atoms with Crippen molar-refractivity contribution in [3.8, 4) is 0 Å². The van der Waals surface area contributed by atoms with Crippen molar-refractivity contribution in [2.24, 2.45) is 0 Å². The van der Waals surface area contributed by atoms with Gasteiger partial charge in [-0.1, -0.05) is 6.07 Å².